The number of fused-ring (bicyclic) bond motifs is 2. The smallest absolute Gasteiger partial charge is 0.409 e. The molecule has 0 aromatic heterocycles. The van der Waals surface area contributed by atoms with Crippen LogP contribution < -0.4 is 0 Å². The van der Waals surface area contributed by atoms with Gasteiger partial charge in [0.25, 0.3) is 11.4 Å². The number of carbonyl (C=O) groups excluding carboxylic acids is 2. The summed E-state index contributed by atoms with van der Waals surface area (Å²) in [4.78, 5) is 47.0. The molecule has 0 aliphatic carbocycles. The molecule has 36 heavy (non-hydrogen) atoms. The Labute approximate surface area is 207 Å². The standard InChI is InChI=1S/2C12H14N2O4/c1-18-12(15)13-6-4-9-2-3-11(14(16)17)8-10(9)5-7-13;1-18-12(15)13-7-5-9-3-2-4-11(14(16)17)10(9)6-8-13/h2-3,8H,4-7H2,1H3;2-4H,5-8H2,1H3. The fraction of sp³-hybridized carbons (Fsp3) is 0.417. The van der Waals surface area contributed by atoms with Gasteiger partial charge in [-0.05, 0) is 42.4 Å². The van der Waals surface area contributed by atoms with Gasteiger partial charge in [0.15, 0.2) is 0 Å². The predicted octanol–water partition coefficient (Wildman–Crippen LogP) is 3.52. The molecule has 0 bridgehead atoms. The van der Waals surface area contributed by atoms with Crippen molar-refractivity contribution in [3.8, 4) is 0 Å². The SMILES string of the molecule is COC(=O)N1CCc2ccc([N+](=O)[O-])cc2CC1.COC(=O)N1CCc2cccc([N+](=O)[O-])c2CC1. The van der Waals surface area contributed by atoms with Crippen LogP contribution in [0.15, 0.2) is 36.4 Å². The summed E-state index contributed by atoms with van der Waals surface area (Å²) in [6.07, 6.45) is 1.69. The van der Waals surface area contributed by atoms with Crippen molar-refractivity contribution in [2.75, 3.05) is 40.4 Å². The average Bonchev–Trinajstić information content (AvgIpc) is 3.24. The van der Waals surface area contributed by atoms with Crippen molar-refractivity contribution in [1.82, 2.24) is 9.80 Å². The summed E-state index contributed by atoms with van der Waals surface area (Å²) in [5, 5.41) is 21.7. The number of amides is 2. The van der Waals surface area contributed by atoms with E-state index in [0.29, 0.717) is 51.9 Å². The molecule has 4 rings (SSSR count). The third-order valence-electron chi connectivity index (χ3n) is 6.30. The van der Waals surface area contributed by atoms with E-state index >= 15 is 0 Å². The molecule has 2 aliphatic heterocycles. The number of hydrogen-bond acceptors (Lipinski definition) is 8. The number of rotatable bonds is 2. The molecular weight excluding hydrogens is 472 g/mol. The van der Waals surface area contributed by atoms with Gasteiger partial charge in [0.1, 0.15) is 0 Å². The van der Waals surface area contributed by atoms with Gasteiger partial charge in [0, 0.05) is 49.9 Å². The van der Waals surface area contributed by atoms with Crippen LogP contribution in [0.1, 0.15) is 22.3 Å². The summed E-state index contributed by atoms with van der Waals surface area (Å²) in [5.41, 5.74) is 3.91. The molecule has 0 spiro atoms. The van der Waals surface area contributed by atoms with Gasteiger partial charge in [-0.3, -0.25) is 20.2 Å². The molecule has 0 saturated carbocycles. The predicted molar refractivity (Wildman–Crippen MR) is 129 cm³/mol. The lowest BCUT2D eigenvalue weighted by molar-refractivity contribution is -0.385. The minimum Gasteiger partial charge on any atom is -0.453 e. The second kappa shape index (κ2) is 12.0. The lowest BCUT2D eigenvalue weighted by atomic mass is 10.0. The Bertz CT molecular complexity index is 1150. The number of nitrogens with zero attached hydrogens (tertiary/aromatic N) is 4. The lowest BCUT2D eigenvalue weighted by Crippen LogP contribution is -2.33. The third-order valence-corrected chi connectivity index (χ3v) is 6.30. The second-order valence-electron chi connectivity index (χ2n) is 8.30. The molecular formula is C24H28N4O8. The van der Waals surface area contributed by atoms with E-state index in [1.165, 1.54) is 26.4 Å². The van der Waals surface area contributed by atoms with Gasteiger partial charge >= 0.3 is 12.2 Å². The molecule has 0 atom stereocenters. The maximum atomic E-state index is 11.5. The quantitative estimate of drug-likeness (QED) is 0.450. The number of non-ortho nitro benzene ring substituents is 1. The van der Waals surface area contributed by atoms with Gasteiger partial charge < -0.3 is 19.3 Å². The molecule has 0 unspecified atom stereocenters. The Morgan fingerprint density at radius 3 is 1.86 bits per heavy atom. The maximum absolute atomic E-state index is 11.5. The molecule has 0 fully saturated rings. The van der Waals surface area contributed by atoms with Crippen molar-refractivity contribution in [1.29, 1.82) is 0 Å². The zero-order chi connectivity index (χ0) is 26.2. The van der Waals surface area contributed by atoms with E-state index in [1.807, 2.05) is 6.07 Å². The molecule has 192 valence electrons. The van der Waals surface area contributed by atoms with Gasteiger partial charge in [-0.25, -0.2) is 9.59 Å². The highest BCUT2D eigenvalue weighted by molar-refractivity contribution is 5.68. The van der Waals surface area contributed by atoms with Crippen LogP contribution in [-0.2, 0) is 35.2 Å². The van der Waals surface area contributed by atoms with Crippen molar-refractivity contribution in [3.05, 3.63) is 78.9 Å². The molecule has 2 amide bonds. The molecule has 0 radical (unpaired) electrons. The van der Waals surface area contributed by atoms with Crippen LogP contribution in [-0.4, -0.2) is 72.2 Å². The van der Waals surface area contributed by atoms with Crippen LogP contribution >= 0.6 is 0 Å². The first kappa shape index (κ1) is 26.4. The normalized spacial score (nSPS) is 14.6. The number of methoxy groups -OCH3 is 2. The first-order valence-electron chi connectivity index (χ1n) is 11.4. The summed E-state index contributed by atoms with van der Waals surface area (Å²) in [7, 11) is 2.69. The number of nitro groups is 2. The summed E-state index contributed by atoms with van der Waals surface area (Å²) >= 11 is 0. The monoisotopic (exact) mass is 500 g/mol. The van der Waals surface area contributed by atoms with E-state index in [4.69, 9.17) is 0 Å². The largest absolute Gasteiger partial charge is 0.453 e. The number of benzene rings is 2. The van der Waals surface area contributed by atoms with Crippen molar-refractivity contribution in [3.63, 3.8) is 0 Å². The third kappa shape index (κ3) is 6.26. The summed E-state index contributed by atoms with van der Waals surface area (Å²) in [6, 6.07) is 9.94. The lowest BCUT2D eigenvalue weighted by Gasteiger charge is -2.17. The highest BCUT2D eigenvalue weighted by Gasteiger charge is 2.24. The van der Waals surface area contributed by atoms with E-state index in [2.05, 4.69) is 9.47 Å². The van der Waals surface area contributed by atoms with Crippen molar-refractivity contribution < 1.29 is 28.9 Å². The molecule has 2 aliphatic rings. The fourth-order valence-corrected chi connectivity index (χ4v) is 4.38. The Hall–Kier alpha value is -4.22. The summed E-state index contributed by atoms with van der Waals surface area (Å²) in [6.45, 7) is 2.09. The Balaban J connectivity index is 0.000000201. The van der Waals surface area contributed by atoms with Gasteiger partial charge in [0.2, 0.25) is 0 Å². The van der Waals surface area contributed by atoms with Crippen molar-refractivity contribution in [2.24, 2.45) is 0 Å². The van der Waals surface area contributed by atoms with Gasteiger partial charge in [-0.2, -0.15) is 0 Å². The first-order valence-corrected chi connectivity index (χ1v) is 11.4. The van der Waals surface area contributed by atoms with E-state index in [9.17, 15) is 29.8 Å². The van der Waals surface area contributed by atoms with Crippen LogP contribution in [0, 0.1) is 20.2 Å². The number of hydrogen-bond donors (Lipinski definition) is 0. The Morgan fingerprint density at radius 2 is 1.31 bits per heavy atom. The molecule has 2 aromatic carbocycles. The Morgan fingerprint density at radius 1 is 0.750 bits per heavy atom. The molecule has 2 heterocycles. The zero-order valence-electron chi connectivity index (χ0n) is 20.2. The summed E-state index contributed by atoms with van der Waals surface area (Å²) in [5.74, 6) is 0. The first-order chi connectivity index (χ1) is 17.2. The topological polar surface area (TPSA) is 145 Å². The number of carbonyl (C=O) groups is 2. The summed E-state index contributed by atoms with van der Waals surface area (Å²) < 4.78 is 9.36. The van der Waals surface area contributed by atoms with Crippen LogP contribution in [0.5, 0.6) is 0 Å². The highest BCUT2D eigenvalue weighted by atomic mass is 16.6. The molecule has 2 aromatic rings. The maximum Gasteiger partial charge on any atom is 0.409 e. The minimum absolute atomic E-state index is 0.0975. The second-order valence-corrected chi connectivity index (χ2v) is 8.30. The van der Waals surface area contributed by atoms with Crippen LogP contribution in [0.3, 0.4) is 0 Å². The van der Waals surface area contributed by atoms with E-state index in [1.54, 1.807) is 28.0 Å². The fourth-order valence-electron chi connectivity index (χ4n) is 4.38. The van der Waals surface area contributed by atoms with E-state index in [0.717, 1.165) is 22.3 Å². The zero-order valence-corrected chi connectivity index (χ0v) is 20.2. The molecule has 12 nitrogen and oxygen atoms in total. The van der Waals surface area contributed by atoms with E-state index in [-0.39, 0.29) is 28.5 Å². The van der Waals surface area contributed by atoms with Gasteiger partial charge in [0.05, 0.1) is 24.1 Å². The minimum atomic E-state index is -0.400. The van der Waals surface area contributed by atoms with Gasteiger partial charge in [-0.15, -0.1) is 0 Å². The molecule has 12 heteroatoms. The molecule has 0 saturated heterocycles. The van der Waals surface area contributed by atoms with Gasteiger partial charge in [-0.1, -0.05) is 18.2 Å². The van der Waals surface area contributed by atoms with Crippen molar-refractivity contribution in [2.45, 2.75) is 25.7 Å². The number of ether oxygens (including phenoxy) is 2. The van der Waals surface area contributed by atoms with Crippen LogP contribution in [0.4, 0.5) is 21.0 Å². The molecule has 0 N–H and O–H groups in total. The van der Waals surface area contributed by atoms with E-state index < -0.39 is 4.92 Å². The van der Waals surface area contributed by atoms with Crippen LogP contribution in [0.2, 0.25) is 0 Å². The van der Waals surface area contributed by atoms with Crippen molar-refractivity contribution >= 4 is 23.6 Å². The number of nitro benzene ring substituents is 2. The average molecular weight is 501 g/mol. The highest BCUT2D eigenvalue weighted by Crippen LogP contribution is 2.26. The Kier molecular flexibility index (Phi) is 8.76. The van der Waals surface area contributed by atoms with Crippen LogP contribution in [0.25, 0.3) is 0 Å².